The Morgan fingerprint density at radius 3 is 2.40 bits per heavy atom. The summed E-state index contributed by atoms with van der Waals surface area (Å²) in [6, 6.07) is 4.94. The number of primary amides is 1. The van der Waals surface area contributed by atoms with Gasteiger partial charge in [-0.05, 0) is 43.7 Å². The second-order valence-electron chi connectivity index (χ2n) is 10.6. The van der Waals surface area contributed by atoms with E-state index >= 15 is 0 Å². The minimum Gasteiger partial charge on any atom is -0.368 e. The van der Waals surface area contributed by atoms with Crippen LogP contribution in [0.4, 0.5) is 23.4 Å². The molecule has 9 nitrogen and oxygen atoms in total. The van der Waals surface area contributed by atoms with Gasteiger partial charge in [0.15, 0.2) is 0 Å². The van der Waals surface area contributed by atoms with Crippen LogP contribution in [0.15, 0.2) is 52.7 Å². The van der Waals surface area contributed by atoms with Gasteiger partial charge in [-0.2, -0.15) is 18.2 Å². The van der Waals surface area contributed by atoms with Gasteiger partial charge in [0.1, 0.15) is 18.2 Å². The van der Waals surface area contributed by atoms with E-state index in [9.17, 15) is 31.9 Å². The molecule has 5 rings (SSSR count). The van der Waals surface area contributed by atoms with Crippen LogP contribution >= 0.6 is 11.8 Å². The summed E-state index contributed by atoms with van der Waals surface area (Å²) >= 11 is 1.05. The molecule has 43 heavy (non-hydrogen) atoms. The van der Waals surface area contributed by atoms with Gasteiger partial charge in [0.2, 0.25) is 11.8 Å². The monoisotopic (exact) mass is 619 g/mol. The molecule has 3 aromatic rings. The first-order valence-electron chi connectivity index (χ1n) is 13.5. The van der Waals surface area contributed by atoms with E-state index in [0.717, 1.165) is 30.0 Å². The maximum atomic E-state index is 14.8. The van der Waals surface area contributed by atoms with Crippen LogP contribution in [0.2, 0.25) is 0 Å². The summed E-state index contributed by atoms with van der Waals surface area (Å²) in [5.74, 6) is -1.46. The van der Waals surface area contributed by atoms with Crippen LogP contribution in [0.25, 0.3) is 22.0 Å². The van der Waals surface area contributed by atoms with Crippen LogP contribution in [-0.4, -0.2) is 69.9 Å². The van der Waals surface area contributed by atoms with E-state index in [2.05, 4.69) is 11.6 Å². The van der Waals surface area contributed by atoms with Gasteiger partial charge in [-0.1, -0.05) is 18.7 Å². The number of hydrogen-bond acceptors (Lipinski definition) is 7. The third kappa shape index (κ3) is 5.85. The number of ether oxygens (including phenoxy) is 1. The molecule has 2 N–H and O–H groups in total. The van der Waals surface area contributed by atoms with Gasteiger partial charge in [0.25, 0.3) is 0 Å². The molecule has 0 radical (unpaired) electrons. The van der Waals surface area contributed by atoms with Crippen molar-refractivity contribution < 1.29 is 31.9 Å². The molecule has 3 heterocycles. The van der Waals surface area contributed by atoms with E-state index < -0.39 is 41.9 Å². The minimum atomic E-state index is -4.82. The highest BCUT2D eigenvalue weighted by Gasteiger charge is 2.40. The van der Waals surface area contributed by atoms with Gasteiger partial charge in [-0.25, -0.2) is 9.18 Å². The molecule has 0 aliphatic carbocycles. The third-order valence-electron chi connectivity index (χ3n) is 7.55. The zero-order valence-corrected chi connectivity index (χ0v) is 24.2. The number of carbonyl (C=O) groups is 2. The zero-order valence-electron chi connectivity index (χ0n) is 23.4. The van der Waals surface area contributed by atoms with Crippen molar-refractivity contribution in [3.8, 4) is 11.1 Å². The summed E-state index contributed by atoms with van der Waals surface area (Å²) in [5.41, 5.74) is 3.69. The van der Waals surface area contributed by atoms with Gasteiger partial charge in [0, 0.05) is 46.8 Å². The Hall–Kier alpha value is -3.91. The van der Waals surface area contributed by atoms with Gasteiger partial charge < -0.3 is 20.3 Å². The zero-order chi connectivity index (χ0) is 31.2. The number of benzene rings is 2. The van der Waals surface area contributed by atoms with Gasteiger partial charge in [-0.3, -0.25) is 14.2 Å². The fraction of sp³-hybridized carbons (Fsp3) is 0.379. The molecule has 1 aromatic heterocycles. The van der Waals surface area contributed by atoms with E-state index in [4.69, 9.17) is 10.5 Å². The normalized spacial score (nSPS) is 20.7. The summed E-state index contributed by atoms with van der Waals surface area (Å²) in [6.07, 6.45) is -4.36. The molecule has 0 spiro atoms. The lowest BCUT2D eigenvalue weighted by molar-refractivity contribution is -0.137. The van der Waals surface area contributed by atoms with Crippen molar-refractivity contribution >= 4 is 40.3 Å². The number of alkyl halides is 3. The van der Waals surface area contributed by atoms with E-state index in [1.807, 2.05) is 0 Å². The number of amides is 2. The lowest BCUT2D eigenvalue weighted by Crippen LogP contribution is -2.58. The average molecular weight is 620 g/mol. The number of aromatic nitrogens is 2. The van der Waals surface area contributed by atoms with E-state index in [-0.39, 0.29) is 76.1 Å². The minimum absolute atomic E-state index is 0.0650. The topological polar surface area (TPSA) is 111 Å². The number of nitrogens with two attached hydrogens (primary N) is 1. The second-order valence-corrected chi connectivity index (χ2v) is 11.7. The Morgan fingerprint density at radius 2 is 1.81 bits per heavy atom. The fourth-order valence-electron chi connectivity index (χ4n) is 5.84. The van der Waals surface area contributed by atoms with E-state index in [1.165, 1.54) is 22.8 Å². The number of anilines is 1. The highest BCUT2D eigenvalue weighted by atomic mass is 32.2. The summed E-state index contributed by atoms with van der Waals surface area (Å²) < 4.78 is 65.1. The molecule has 2 aliphatic rings. The number of carbonyl (C=O) groups excluding carboxylic acids is 2. The molecular weight excluding hydrogens is 590 g/mol. The molecule has 0 unspecified atom stereocenters. The molecule has 14 heteroatoms. The first-order valence-corrected chi connectivity index (χ1v) is 14.5. The Bertz CT molecular complexity index is 1650. The van der Waals surface area contributed by atoms with Crippen molar-refractivity contribution in [2.45, 2.75) is 49.7 Å². The quantitative estimate of drug-likeness (QED) is 0.330. The lowest BCUT2D eigenvalue weighted by Gasteiger charge is -2.44. The summed E-state index contributed by atoms with van der Waals surface area (Å²) in [4.78, 5) is 45.3. The van der Waals surface area contributed by atoms with Crippen LogP contribution < -0.4 is 16.3 Å². The van der Waals surface area contributed by atoms with Crippen LogP contribution in [0, 0.1) is 5.82 Å². The van der Waals surface area contributed by atoms with Crippen molar-refractivity contribution in [1.29, 1.82) is 0 Å². The molecule has 228 valence electrons. The summed E-state index contributed by atoms with van der Waals surface area (Å²) in [7, 11) is 0. The van der Waals surface area contributed by atoms with Gasteiger partial charge in [-0.15, -0.1) is 11.8 Å². The predicted octanol–water partition coefficient (Wildman–Crippen LogP) is 3.81. The van der Waals surface area contributed by atoms with Gasteiger partial charge >= 0.3 is 11.9 Å². The number of rotatable bonds is 6. The Labute approximate surface area is 248 Å². The standard InChI is InChI=1S/C29H29F4N5O4S/c1-4-23(40)38-15(2)10-36(11-16(38)3)27-20-9-21(29(31,32)33)24(17-5-7-18(30)8-6-17)26-25(20)37(28(41)35-27)12-19(14-43-26)42-13-22(34)39/h4-9,15-16,19H,1,10-14H2,2-3H3,(H2,34,39)/t15-,16+,19-/m0/s1. The maximum absolute atomic E-state index is 14.8. The highest BCUT2D eigenvalue weighted by Crippen LogP contribution is 2.48. The lowest BCUT2D eigenvalue weighted by atomic mass is 9.96. The first-order chi connectivity index (χ1) is 20.3. The second kappa shape index (κ2) is 11.6. The summed E-state index contributed by atoms with van der Waals surface area (Å²) in [6.45, 7) is 7.06. The van der Waals surface area contributed by atoms with Crippen molar-refractivity contribution in [3.05, 3.63) is 64.9 Å². The molecule has 0 bridgehead atoms. The number of piperazine rings is 1. The summed E-state index contributed by atoms with van der Waals surface area (Å²) in [5, 5.41) is 0.0961. The van der Waals surface area contributed by atoms with Gasteiger partial charge in [0.05, 0.1) is 23.7 Å². The molecule has 1 fully saturated rings. The van der Waals surface area contributed by atoms with Crippen LogP contribution in [-0.2, 0) is 27.0 Å². The number of thioether (sulfide) groups is 1. The number of hydrogen-bond donors (Lipinski definition) is 1. The molecule has 3 atom stereocenters. The number of nitrogens with zero attached hydrogens (tertiary/aromatic N) is 4. The Morgan fingerprint density at radius 1 is 1.16 bits per heavy atom. The smallest absolute Gasteiger partial charge is 0.368 e. The SMILES string of the molecule is C=CC(=O)N1[C@H](C)CN(c2nc(=O)n3c4c(c(-c5ccc(F)cc5)c(C(F)(F)F)cc24)SC[C@@H](OCC(N)=O)C3)C[C@@H]1C. The first kappa shape index (κ1) is 30.5. The third-order valence-corrected chi connectivity index (χ3v) is 8.77. The maximum Gasteiger partial charge on any atom is 0.417 e. The predicted molar refractivity (Wildman–Crippen MR) is 154 cm³/mol. The Kier molecular flexibility index (Phi) is 8.27. The Balaban J connectivity index is 1.78. The van der Waals surface area contributed by atoms with Crippen LogP contribution in [0.3, 0.4) is 0 Å². The van der Waals surface area contributed by atoms with Crippen LogP contribution in [0.1, 0.15) is 19.4 Å². The van der Waals surface area contributed by atoms with Crippen LogP contribution in [0.5, 0.6) is 0 Å². The van der Waals surface area contributed by atoms with Crippen molar-refractivity contribution in [2.24, 2.45) is 5.73 Å². The molecule has 1 saturated heterocycles. The van der Waals surface area contributed by atoms with E-state index in [1.54, 1.807) is 23.6 Å². The number of halogens is 4. The molecule has 2 aliphatic heterocycles. The van der Waals surface area contributed by atoms with E-state index in [0.29, 0.717) is 0 Å². The van der Waals surface area contributed by atoms with Crippen molar-refractivity contribution in [2.75, 3.05) is 30.3 Å². The van der Waals surface area contributed by atoms with Crippen molar-refractivity contribution in [1.82, 2.24) is 14.5 Å². The largest absolute Gasteiger partial charge is 0.417 e. The molecule has 2 aromatic carbocycles. The highest BCUT2D eigenvalue weighted by molar-refractivity contribution is 7.99. The fourth-order valence-corrected chi connectivity index (χ4v) is 7.12. The molecule has 2 amide bonds. The average Bonchev–Trinajstić information content (AvgIpc) is 3.13. The molecule has 0 saturated carbocycles. The molecular formula is C29H29F4N5O4S. The van der Waals surface area contributed by atoms with Crippen molar-refractivity contribution in [3.63, 3.8) is 0 Å².